The van der Waals surface area contributed by atoms with Crippen molar-refractivity contribution < 1.29 is 9.53 Å². The number of carbonyl (C=O) groups is 1. The number of hydrogen-bond donors (Lipinski definition) is 2. The lowest BCUT2D eigenvalue weighted by molar-refractivity contribution is -0.124. The van der Waals surface area contributed by atoms with Crippen molar-refractivity contribution >= 4 is 16.8 Å². The van der Waals surface area contributed by atoms with Crippen molar-refractivity contribution in [2.75, 3.05) is 26.7 Å². The monoisotopic (exact) mass is 301 g/mol. The molecule has 1 unspecified atom stereocenters. The number of hydrogen-bond acceptors (Lipinski definition) is 4. The number of ether oxygens (including phenoxy) is 1. The Morgan fingerprint density at radius 3 is 2.95 bits per heavy atom. The van der Waals surface area contributed by atoms with Gasteiger partial charge in [0.05, 0.1) is 6.61 Å². The van der Waals surface area contributed by atoms with Gasteiger partial charge in [-0.2, -0.15) is 0 Å². The van der Waals surface area contributed by atoms with Crippen LogP contribution in [0.2, 0.25) is 0 Å². The van der Waals surface area contributed by atoms with E-state index in [1.165, 1.54) is 0 Å². The summed E-state index contributed by atoms with van der Waals surface area (Å²) in [5.41, 5.74) is 0.872. The van der Waals surface area contributed by atoms with Crippen LogP contribution < -0.4 is 15.4 Å². The molecule has 0 fully saturated rings. The number of benzene rings is 1. The molecule has 1 amide bonds. The molecule has 0 aliphatic rings. The highest BCUT2D eigenvalue weighted by atomic mass is 16.5. The highest BCUT2D eigenvalue weighted by Gasteiger charge is 2.10. The van der Waals surface area contributed by atoms with E-state index < -0.39 is 0 Å². The van der Waals surface area contributed by atoms with Gasteiger partial charge in [0.2, 0.25) is 5.91 Å². The highest BCUT2D eigenvalue weighted by molar-refractivity contribution is 5.84. The SMILES string of the molecule is CNCC(C)C(=O)NCCCOc1cccc2cccnc12. The summed E-state index contributed by atoms with van der Waals surface area (Å²) in [7, 11) is 1.84. The topological polar surface area (TPSA) is 63.2 Å². The van der Waals surface area contributed by atoms with Crippen molar-refractivity contribution in [3.8, 4) is 5.75 Å². The minimum absolute atomic E-state index is 0.0202. The second kappa shape index (κ2) is 8.34. The van der Waals surface area contributed by atoms with Gasteiger partial charge in [-0.25, -0.2) is 0 Å². The predicted molar refractivity (Wildman–Crippen MR) is 88.0 cm³/mol. The first-order valence-corrected chi connectivity index (χ1v) is 7.61. The number of para-hydroxylation sites is 1. The molecule has 0 bridgehead atoms. The average Bonchev–Trinajstić information content (AvgIpc) is 2.54. The fourth-order valence-corrected chi connectivity index (χ4v) is 2.23. The third-order valence-corrected chi connectivity index (χ3v) is 3.43. The molecule has 5 heteroatoms. The molecule has 22 heavy (non-hydrogen) atoms. The van der Waals surface area contributed by atoms with Crippen LogP contribution in [-0.2, 0) is 4.79 Å². The summed E-state index contributed by atoms with van der Waals surface area (Å²) in [6, 6.07) is 9.81. The van der Waals surface area contributed by atoms with Crippen molar-refractivity contribution in [2.24, 2.45) is 5.92 Å². The molecule has 0 saturated carbocycles. The zero-order chi connectivity index (χ0) is 15.8. The molecule has 1 heterocycles. The Bertz CT molecular complexity index is 610. The quantitative estimate of drug-likeness (QED) is 0.732. The lowest BCUT2D eigenvalue weighted by Crippen LogP contribution is -2.35. The van der Waals surface area contributed by atoms with E-state index in [4.69, 9.17) is 4.74 Å². The molecular formula is C17H23N3O2. The van der Waals surface area contributed by atoms with Gasteiger partial charge in [-0.05, 0) is 25.6 Å². The zero-order valence-electron chi connectivity index (χ0n) is 13.1. The van der Waals surface area contributed by atoms with E-state index in [9.17, 15) is 4.79 Å². The summed E-state index contributed by atoms with van der Waals surface area (Å²) in [6.07, 6.45) is 2.53. The molecule has 0 saturated heterocycles. The highest BCUT2D eigenvalue weighted by Crippen LogP contribution is 2.22. The molecular weight excluding hydrogens is 278 g/mol. The predicted octanol–water partition coefficient (Wildman–Crippen LogP) is 1.98. The fraction of sp³-hybridized carbons (Fsp3) is 0.412. The van der Waals surface area contributed by atoms with Crippen LogP contribution in [0.4, 0.5) is 0 Å². The first-order chi connectivity index (χ1) is 10.7. The number of nitrogens with zero attached hydrogens (tertiary/aromatic N) is 1. The molecule has 0 aliphatic heterocycles. The first kappa shape index (κ1) is 16.2. The van der Waals surface area contributed by atoms with E-state index in [0.29, 0.717) is 19.7 Å². The standard InChI is InChI=1S/C17H23N3O2/c1-13(12-18-2)17(21)20-10-5-11-22-15-8-3-6-14-7-4-9-19-16(14)15/h3-4,6-9,13,18H,5,10-12H2,1-2H3,(H,20,21). The Morgan fingerprint density at radius 2 is 2.14 bits per heavy atom. The molecule has 2 aromatic rings. The van der Waals surface area contributed by atoms with Crippen molar-refractivity contribution in [2.45, 2.75) is 13.3 Å². The lowest BCUT2D eigenvalue weighted by Gasteiger charge is -2.12. The fourth-order valence-electron chi connectivity index (χ4n) is 2.23. The summed E-state index contributed by atoms with van der Waals surface area (Å²) < 4.78 is 5.78. The van der Waals surface area contributed by atoms with Crippen LogP contribution in [0.25, 0.3) is 10.9 Å². The minimum atomic E-state index is -0.0202. The normalized spacial score (nSPS) is 12.1. The van der Waals surface area contributed by atoms with Gasteiger partial charge in [0, 0.05) is 30.6 Å². The Hall–Kier alpha value is -2.14. The average molecular weight is 301 g/mol. The largest absolute Gasteiger partial charge is 0.491 e. The van der Waals surface area contributed by atoms with Crippen LogP contribution in [0.3, 0.4) is 0 Å². The third-order valence-electron chi connectivity index (χ3n) is 3.43. The van der Waals surface area contributed by atoms with Gasteiger partial charge in [-0.15, -0.1) is 0 Å². The van der Waals surface area contributed by atoms with Gasteiger partial charge in [-0.1, -0.05) is 25.1 Å². The number of rotatable bonds is 8. The van der Waals surface area contributed by atoms with Crippen LogP contribution in [0, 0.1) is 5.92 Å². The molecule has 1 atom stereocenters. The molecule has 0 radical (unpaired) electrons. The Labute approximate surface area is 131 Å². The summed E-state index contributed by atoms with van der Waals surface area (Å²) >= 11 is 0. The number of carbonyl (C=O) groups excluding carboxylic acids is 1. The second-order valence-corrected chi connectivity index (χ2v) is 5.28. The summed E-state index contributed by atoms with van der Waals surface area (Å²) in [4.78, 5) is 16.1. The molecule has 2 N–H and O–H groups in total. The number of pyridine rings is 1. The minimum Gasteiger partial charge on any atom is -0.491 e. The van der Waals surface area contributed by atoms with Gasteiger partial charge in [0.1, 0.15) is 11.3 Å². The van der Waals surface area contributed by atoms with Crippen molar-refractivity contribution in [1.82, 2.24) is 15.6 Å². The second-order valence-electron chi connectivity index (χ2n) is 5.28. The van der Waals surface area contributed by atoms with Gasteiger partial charge in [0.15, 0.2) is 0 Å². The Kier molecular flexibility index (Phi) is 6.15. The smallest absolute Gasteiger partial charge is 0.224 e. The Balaban J connectivity index is 1.76. The molecule has 2 rings (SSSR count). The van der Waals surface area contributed by atoms with Gasteiger partial charge in [0.25, 0.3) is 0 Å². The van der Waals surface area contributed by atoms with Gasteiger partial charge in [-0.3, -0.25) is 9.78 Å². The van der Waals surface area contributed by atoms with Crippen LogP contribution >= 0.6 is 0 Å². The van der Waals surface area contributed by atoms with Crippen LogP contribution in [0.15, 0.2) is 36.5 Å². The molecule has 0 spiro atoms. The van der Waals surface area contributed by atoms with E-state index in [0.717, 1.165) is 23.1 Å². The molecule has 0 aliphatic carbocycles. The van der Waals surface area contributed by atoms with E-state index in [1.807, 2.05) is 44.3 Å². The van der Waals surface area contributed by atoms with E-state index >= 15 is 0 Å². The summed E-state index contributed by atoms with van der Waals surface area (Å²) in [6.45, 7) is 3.76. The van der Waals surface area contributed by atoms with Gasteiger partial charge < -0.3 is 15.4 Å². The number of fused-ring (bicyclic) bond motifs is 1. The first-order valence-electron chi connectivity index (χ1n) is 7.61. The van der Waals surface area contributed by atoms with Crippen molar-refractivity contribution in [1.29, 1.82) is 0 Å². The molecule has 118 valence electrons. The van der Waals surface area contributed by atoms with E-state index in [2.05, 4.69) is 15.6 Å². The number of nitrogens with one attached hydrogen (secondary N) is 2. The van der Waals surface area contributed by atoms with Crippen LogP contribution in [-0.4, -0.2) is 37.6 Å². The molecule has 1 aromatic carbocycles. The van der Waals surface area contributed by atoms with E-state index in [1.54, 1.807) is 6.20 Å². The van der Waals surface area contributed by atoms with Crippen molar-refractivity contribution in [3.63, 3.8) is 0 Å². The molecule has 1 aromatic heterocycles. The Morgan fingerprint density at radius 1 is 1.32 bits per heavy atom. The molecule has 5 nitrogen and oxygen atoms in total. The third kappa shape index (κ3) is 4.43. The lowest BCUT2D eigenvalue weighted by atomic mass is 10.1. The zero-order valence-corrected chi connectivity index (χ0v) is 13.1. The maximum absolute atomic E-state index is 11.7. The van der Waals surface area contributed by atoms with Gasteiger partial charge >= 0.3 is 0 Å². The number of aromatic nitrogens is 1. The summed E-state index contributed by atoms with van der Waals surface area (Å²) in [5.74, 6) is 0.836. The van der Waals surface area contributed by atoms with Crippen LogP contribution in [0.1, 0.15) is 13.3 Å². The number of amides is 1. The summed E-state index contributed by atoms with van der Waals surface area (Å²) in [5, 5.41) is 6.98. The van der Waals surface area contributed by atoms with Crippen molar-refractivity contribution in [3.05, 3.63) is 36.5 Å². The maximum atomic E-state index is 11.7. The van der Waals surface area contributed by atoms with Crippen LogP contribution in [0.5, 0.6) is 5.75 Å². The maximum Gasteiger partial charge on any atom is 0.224 e. The van der Waals surface area contributed by atoms with E-state index in [-0.39, 0.29) is 11.8 Å².